The number of ether oxygens (including phenoxy) is 1. The molecule has 1 aliphatic heterocycles. The van der Waals surface area contributed by atoms with E-state index >= 15 is 0 Å². The Bertz CT molecular complexity index is 391. The van der Waals surface area contributed by atoms with Gasteiger partial charge in [0.1, 0.15) is 11.6 Å². The molecule has 1 aliphatic rings. The van der Waals surface area contributed by atoms with Gasteiger partial charge in [-0.15, -0.1) is 0 Å². The van der Waals surface area contributed by atoms with Crippen molar-refractivity contribution in [2.75, 3.05) is 26.7 Å². The molecule has 0 radical (unpaired) electrons. The van der Waals surface area contributed by atoms with Crippen molar-refractivity contribution in [2.45, 2.75) is 65.1 Å². The molecule has 1 atom stereocenters. The fourth-order valence-electron chi connectivity index (χ4n) is 2.31. The maximum Gasteiger partial charge on any atom is 0.410 e. The molecule has 0 aromatic rings. The second-order valence-electron chi connectivity index (χ2n) is 7.20. The van der Waals surface area contributed by atoms with Gasteiger partial charge in [-0.2, -0.15) is 0 Å². The third-order valence-electron chi connectivity index (χ3n) is 3.83. The van der Waals surface area contributed by atoms with E-state index in [0.29, 0.717) is 25.6 Å². The van der Waals surface area contributed by atoms with Crippen LogP contribution in [0.25, 0.3) is 0 Å². The molecule has 6 heteroatoms. The Balaban J connectivity index is 2.48. The first kappa shape index (κ1) is 18.7. The van der Waals surface area contributed by atoms with Crippen LogP contribution in [0.4, 0.5) is 4.79 Å². The molecule has 1 saturated heterocycles. The van der Waals surface area contributed by atoms with Crippen LogP contribution in [0.5, 0.6) is 0 Å². The second-order valence-corrected chi connectivity index (χ2v) is 7.20. The number of hydrogen-bond acceptors (Lipinski definition) is 4. The highest BCUT2D eigenvalue weighted by Gasteiger charge is 2.36. The Morgan fingerprint density at radius 2 is 2.00 bits per heavy atom. The van der Waals surface area contributed by atoms with Gasteiger partial charge in [-0.1, -0.05) is 0 Å². The van der Waals surface area contributed by atoms with Crippen LogP contribution in [-0.2, 0) is 9.53 Å². The fourth-order valence-corrected chi connectivity index (χ4v) is 2.31. The van der Waals surface area contributed by atoms with Gasteiger partial charge < -0.3 is 15.0 Å². The highest BCUT2D eigenvalue weighted by molar-refractivity contribution is 5.86. The Hall–Kier alpha value is -1.30. The van der Waals surface area contributed by atoms with E-state index < -0.39 is 17.7 Å². The van der Waals surface area contributed by atoms with Gasteiger partial charge in [0.05, 0.1) is 0 Å². The summed E-state index contributed by atoms with van der Waals surface area (Å²) in [4.78, 5) is 28.2. The molecule has 1 fully saturated rings. The highest BCUT2D eigenvalue weighted by Crippen LogP contribution is 2.20. The first-order valence-corrected chi connectivity index (χ1v) is 8.09. The highest BCUT2D eigenvalue weighted by atomic mass is 16.6. The zero-order valence-corrected chi connectivity index (χ0v) is 14.8. The van der Waals surface area contributed by atoms with E-state index in [1.54, 1.807) is 4.90 Å². The number of nitrogens with zero attached hydrogens (tertiary/aromatic N) is 2. The number of nitrogens with one attached hydrogen (secondary N) is 1. The van der Waals surface area contributed by atoms with Gasteiger partial charge >= 0.3 is 6.09 Å². The summed E-state index contributed by atoms with van der Waals surface area (Å²) in [6, 6.07) is 0.0425. The SMILES string of the molecule is CC(C)N(C)CCNC(=O)C1CCCN1C(=O)OC(C)(C)C. The third kappa shape index (κ3) is 5.83. The lowest BCUT2D eigenvalue weighted by Crippen LogP contribution is -2.48. The molecule has 1 heterocycles. The van der Waals surface area contributed by atoms with Crippen molar-refractivity contribution in [1.29, 1.82) is 0 Å². The average Bonchev–Trinajstić information content (AvgIpc) is 2.85. The Kier molecular flexibility index (Phi) is 6.66. The van der Waals surface area contributed by atoms with Gasteiger partial charge in [-0.3, -0.25) is 9.69 Å². The summed E-state index contributed by atoms with van der Waals surface area (Å²) in [5.41, 5.74) is -0.541. The zero-order valence-electron chi connectivity index (χ0n) is 14.8. The fraction of sp³-hybridized carbons (Fsp3) is 0.875. The van der Waals surface area contributed by atoms with Crippen molar-refractivity contribution >= 4 is 12.0 Å². The molecule has 0 bridgehead atoms. The summed E-state index contributed by atoms with van der Waals surface area (Å²) < 4.78 is 5.37. The van der Waals surface area contributed by atoms with Crippen LogP contribution < -0.4 is 5.32 Å². The van der Waals surface area contributed by atoms with Gasteiger partial charge in [-0.05, 0) is 54.5 Å². The molecule has 0 aromatic carbocycles. The summed E-state index contributed by atoms with van der Waals surface area (Å²) in [5.74, 6) is -0.0829. The molecule has 128 valence electrons. The number of likely N-dealkylation sites (tertiary alicyclic amines) is 1. The van der Waals surface area contributed by atoms with Crippen LogP contribution in [0.15, 0.2) is 0 Å². The normalized spacial score (nSPS) is 18.9. The largest absolute Gasteiger partial charge is 0.444 e. The van der Waals surface area contributed by atoms with Crippen molar-refractivity contribution in [3.8, 4) is 0 Å². The Morgan fingerprint density at radius 3 is 2.55 bits per heavy atom. The van der Waals surface area contributed by atoms with Crippen molar-refractivity contribution < 1.29 is 14.3 Å². The van der Waals surface area contributed by atoms with Crippen LogP contribution in [0, 0.1) is 0 Å². The summed E-state index contributed by atoms with van der Waals surface area (Å²) in [7, 11) is 2.03. The standard InChI is InChI=1S/C16H31N3O3/c1-12(2)18(6)11-9-17-14(20)13-8-7-10-19(13)15(21)22-16(3,4)5/h12-13H,7-11H2,1-6H3,(H,17,20). The molecule has 6 nitrogen and oxygen atoms in total. The van der Waals surface area contributed by atoms with Crippen LogP contribution >= 0.6 is 0 Å². The number of likely N-dealkylation sites (N-methyl/N-ethyl adjacent to an activating group) is 1. The topological polar surface area (TPSA) is 61.9 Å². The van der Waals surface area contributed by atoms with E-state index in [2.05, 4.69) is 24.1 Å². The number of rotatable bonds is 5. The number of carbonyl (C=O) groups excluding carboxylic acids is 2. The summed E-state index contributed by atoms with van der Waals surface area (Å²) in [6.45, 7) is 11.7. The summed E-state index contributed by atoms with van der Waals surface area (Å²) in [5, 5.41) is 2.93. The van der Waals surface area contributed by atoms with Gasteiger partial charge in [-0.25, -0.2) is 4.79 Å². The molecule has 0 saturated carbocycles. The van der Waals surface area contributed by atoms with Crippen LogP contribution in [0.1, 0.15) is 47.5 Å². The van der Waals surface area contributed by atoms with Crippen LogP contribution in [0.2, 0.25) is 0 Å². The maximum absolute atomic E-state index is 12.3. The molecule has 0 aromatic heterocycles. The van der Waals surface area contributed by atoms with E-state index in [0.717, 1.165) is 13.0 Å². The lowest BCUT2D eigenvalue weighted by molar-refractivity contribution is -0.125. The lowest BCUT2D eigenvalue weighted by atomic mass is 10.2. The van der Waals surface area contributed by atoms with E-state index in [1.807, 2.05) is 27.8 Å². The first-order valence-electron chi connectivity index (χ1n) is 8.09. The smallest absolute Gasteiger partial charge is 0.410 e. The minimum absolute atomic E-state index is 0.0829. The van der Waals surface area contributed by atoms with Crippen molar-refractivity contribution in [1.82, 2.24) is 15.1 Å². The monoisotopic (exact) mass is 313 g/mol. The minimum atomic E-state index is -0.541. The minimum Gasteiger partial charge on any atom is -0.444 e. The summed E-state index contributed by atoms with van der Waals surface area (Å²) >= 11 is 0. The Morgan fingerprint density at radius 1 is 1.36 bits per heavy atom. The Labute approximate surface area is 134 Å². The van der Waals surface area contributed by atoms with Crippen molar-refractivity contribution in [3.63, 3.8) is 0 Å². The first-order chi connectivity index (χ1) is 10.1. The lowest BCUT2D eigenvalue weighted by Gasteiger charge is -2.28. The predicted molar refractivity (Wildman–Crippen MR) is 86.7 cm³/mol. The number of carbonyl (C=O) groups is 2. The van der Waals surface area contributed by atoms with Crippen LogP contribution in [-0.4, -0.2) is 66.2 Å². The molecule has 1 unspecified atom stereocenters. The molecular weight excluding hydrogens is 282 g/mol. The third-order valence-corrected chi connectivity index (χ3v) is 3.83. The molecule has 2 amide bonds. The number of amides is 2. The van der Waals surface area contributed by atoms with Gasteiger partial charge in [0.25, 0.3) is 0 Å². The maximum atomic E-state index is 12.3. The molecule has 22 heavy (non-hydrogen) atoms. The molecule has 0 spiro atoms. The summed E-state index contributed by atoms with van der Waals surface area (Å²) in [6.07, 6.45) is 1.14. The second kappa shape index (κ2) is 7.81. The van der Waals surface area contributed by atoms with E-state index in [9.17, 15) is 9.59 Å². The van der Waals surface area contributed by atoms with Crippen LogP contribution in [0.3, 0.4) is 0 Å². The number of hydrogen-bond donors (Lipinski definition) is 1. The zero-order chi connectivity index (χ0) is 16.9. The van der Waals surface area contributed by atoms with Gasteiger partial charge in [0, 0.05) is 25.7 Å². The molecule has 1 N–H and O–H groups in total. The van der Waals surface area contributed by atoms with Crippen molar-refractivity contribution in [2.24, 2.45) is 0 Å². The van der Waals surface area contributed by atoms with Crippen molar-refractivity contribution in [3.05, 3.63) is 0 Å². The van der Waals surface area contributed by atoms with Gasteiger partial charge in [0.15, 0.2) is 0 Å². The molecular formula is C16H31N3O3. The van der Waals surface area contributed by atoms with E-state index in [1.165, 1.54) is 0 Å². The van der Waals surface area contributed by atoms with Gasteiger partial charge in [0.2, 0.25) is 5.91 Å². The molecule has 0 aliphatic carbocycles. The quantitative estimate of drug-likeness (QED) is 0.841. The average molecular weight is 313 g/mol. The van der Waals surface area contributed by atoms with E-state index in [4.69, 9.17) is 4.74 Å². The molecule has 1 rings (SSSR count). The predicted octanol–water partition coefficient (Wildman–Crippen LogP) is 1.84. The van der Waals surface area contributed by atoms with E-state index in [-0.39, 0.29) is 5.91 Å².